The average molecular weight is 411 g/mol. The molecule has 0 amide bonds. The molecule has 1 unspecified atom stereocenters. The number of esters is 2. The van der Waals surface area contributed by atoms with Crippen molar-refractivity contribution < 1.29 is 19.1 Å². The standard InChI is InChI=1S/C25H46O4/c1-4-7-9-10-11-12-13-14-15-16-21-28-24(26)19-17-20-25(27)29-22-23(6-3)18-8-5-2/h15-16,23H,4-14,17-22H2,1-3H3/b16-15+. The van der Waals surface area contributed by atoms with E-state index in [0.29, 0.717) is 25.6 Å². The van der Waals surface area contributed by atoms with Gasteiger partial charge in [0.05, 0.1) is 6.61 Å². The summed E-state index contributed by atoms with van der Waals surface area (Å²) >= 11 is 0. The molecule has 29 heavy (non-hydrogen) atoms. The van der Waals surface area contributed by atoms with E-state index in [1.54, 1.807) is 0 Å². The van der Waals surface area contributed by atoms with Crippen LogP contribution in [0, 0.1) is 5.92 Å². The van der Waals surface area contributed by atoms with Crippen molar-refractivity contribution in [2.24, 2.45) is 5.92 Å². The highest BCUT2D eigenvalue weighted by molar-refractivity contribution is 5.72. The van der Waals surface area contributed by atoms with E-state index in [2.05, 4.69) is 26.8 Å². The quantitative estimate of drug-likeness (QED) is 0.121. The molecule has 0 bridgehead atoms. The second-order valence-corrected chi connectivity index (χ2v) is 8.02. The molecule has 0 aliphatic heterocycles. The van der Waals surface area contributed by atoms with Gasteiger partial charge in [0, 0.05) is 12.8 Å². The molecule has 0 heterocycles. The molecule has 4 heteroatoms. The molecule has 0 aromatic rings. The van der Waals surface area contributed by atoms with Crippen LogP contribution in [-0.4, -0.2) is 25.2 Å². The summed E-state index contributed by atoms with van der Waals surface area (Å²) in [5.74, 6) is 0.00630. The minimum atomic E-state index is -0.243. The maximum absolute atomic E-state index is 11.8. The van der Waals surface area contributed by atoms with Crippen LogP contribution in [0.3, 0.4) is 0 Å². The number of carbonyl (C=O) groups is 2. The summed E-state index contributed by atoms with van der Waals surface area (Å²) in [5, 5.41) is 0. The molecule has 0 rings (SSSR count). The summed E-state index contributed by atoms with van der Waals surface area (Å²) in [6.45, 7) is 7.37. The topological polar surface area (TPSA) is 52.6 Å². The predicted molar refractivity (Wildman–Crippen MR) is 121 cm³/mol. The van der Waals surface area contributed by atoms with Gasteiger partial charge in [-0.25, -0.2) is 0 Å². The number of unbranched alkanes of at least 4 members (excludes halogenated alkanes) is 8. The number of rotatable bonds is 20. The zero-order valence-electron chi connectivity index (χ0n) is 19.4. The van der Waals surface area contributed by atoms with Crippen LogP contribution in [0.1, 0.15) is 117 Å². The minimum absolute atomic E-state index is 0.206. The zero-order valence-corrected chi connectivity index (χ0v) is 19.4. The maximum Gasteiger partial charge on any atom is 0.306 e. The Morgan fingerprint density at radius 1 is 0.724 bits per heavy atom. The molecule has 0 fully saturated rings. The van der Waals surface area contributed by atoms with Crippen LogP contribution < -0.4 is 0 Å². The molecular formula is C25H46O4. The number of hydrogen-bond acceptors (Lipinski definition) is 4. The van der Waals surface area contributed by atoms with Gasteiger partial charge in [0.25, 0.3) is 0 Å². The lowest BCUT2D eigenvalue weighted by molar-refractivity contribution is -0.146. The van der Waals surface area contributed by atoms with Crippen LogP contribution in [0.2, 0.25) is 0 Å². The molecule has 0 saturated carbocycles. The summed E-state index contributed by atoms with van der Waals surface area (Å²) in [6.07, 6.45) is 19.8. The van der Waals surface area contributed by atoms with E-state index in [1.165, 1.54) is 57.8 Å². The van der Waals surface area contributed by atoms with Crippen LogP contribution in [-0.2, 0) is 19.1 Å². The molecule has 0 aromatic carbocycles. The first-order valence-electron chi connectivity index (χ1n) is 12.1. The number of hydrogen-bond donors (Lipinski definition) is 0. The van der Waals surface area contributed by atoms with E-state index in [0.717, 1.165) is 19.3 Å². The fourth-order valence-electron chi connectivity index (χ4n) is 3.18. The summed E-state index contributed by atoms with van der Waals surface area (Å²) in [5.41, 5.74) is 0. The summed E-state index contributed by atoms with van der Waals surface area (Å²) < 4.78 is 10.5. The first-order chi connectivity index (χ1) is 14.1. The molecule has 0 spiro atoms. The average Bonchev–Trinajstić information content (AvgIpc) is 2.72. The fraction of sp³-hybridized carbons (Fsp3) is 0.840. The first-order valence-corrected chi connectivity index (χ1v) is 12.1. The van der Waals surface area contributed by atoms with Crippen molar-refractivity contribution in [3.63, 3.8) is 0 Å². The molecule has 0 saturated heterocycles. The van der Waals surface area contributed by atoms with Gasteiger partial charge in [0.1, 0.15) is 6.61 Å². The van der Waals surface area contributed by atoms with Crippen LogP contribution >= 0.6 is 0 Å². The zero-order chi connectivity index (χ0) is 21.6. The Morgan fingerprint density at radius 3 is 2.00 bits per heavy atom. The molecule has 4 nitrogen and oxygen atoms in total. The molecule has 0 aliphatic rings. The highest BCUT2D eigenvalue weighted by Gasteiger charge is 2.11. The van der Waals surface area contributed by atoms with E-state index in [4.69, 9.17) is 9.47 Å². The Kier molecular flexibility index (Phi) is 20.4. The van der Waals surface area contributed by atoms with E-state index < -0.39 is 0 Å². The third kappa shape index (κ3) is 19.8. The van der Waals surface area contributed by atoms with Gasteiger partial charge in [0.15, 0.2) is 0 Å². The van der Waals surface area contributed by atoms with Crippen LogP contribution in [0.5, 0.6) is 0 Å². The van der Waals surface area contributed by atoms with Gasteiger partial charge >= 0.3 is 11.9 Å². The molecule has 0 aliphatic carbocycles. The monoisotopic (exact) mass is 410 g/mol. The van der Waals surface area contributed by atoms with Crippen molar-refractivity contribution in [3.8, 4) is 0 Å². The third-order valence-corrected chi connectivity index (χ3v) is 5.27. The Bertz CT molecular complexity index is 417. The Hall–Kier alpha value is -1.32. The van der Waals surface area contributed by atoms with Crippen LogP contribution in [0.4, 0.5) is 0 Å². The van der Waals surface area contributed by atoms with E-state index >= 15 is 0 Å². The number of ether oxygens (including phenoxy) is 2. The minimum Gasteiger partial charge on any atom is -0.465 e. The lowest BCUT2D eigenvalue weighted by atomic mass is 10.0. The Labute approximate surface area is 179 Å². The Balaban J connectivity index is 3.55. The lowest BCUT2D eigenvalue weighted by Crippen LogP contribution is -2.14. The molecule has 1 atom stereocenters. The summed E-state index contributed by atoms with van der Waals surface area (Å²) in [4.78, 5) is 23.5. The van der Waals surface area contributed by atoms with Gasteiger partial charge in [0.2, 0.25) is 0 Å². The summed E-state index contributed by atoms with van der Waals surface area (Å²) in [7, 11) is 0. The maximum atomic E-state index is 11.8. The summed E-state index contributed by atoms with van der Waals surface area (Å²) in [6, 6.07) is 0. The van der Waals surface area contributed by atoms with E-state index in [9.17, 15) is 9.59 Å². The molecular weight excluding hydrogens is 364 g/mol. The molecule has 0 aromatic heterocycles. The lowest BCUT2D eigenvalue weighted by Gasteiger charge is -2.14. The van der Waals surface area contributed by atoms with Crippen LogP contribution in [0.15, 0.2) is 12.2 Å². The smallest absolute Gasteiger partial charge is 0.306 e. The van der Waals surface area contributed by atoms with Crippen molar-refractivity contribution >= 4 is 11.9 Å². The van der Waals surface area contributed by atoms with Crippen molar-refractivity contribution in [1.29, 1.82) is 0 Å². The SMILES string of the molecule is CCCCCCCCC/C=C/COC(=O)CCCC(=O)OCC(CC)CCCC. The number of carbonyl (C=O) groups excluding carboxylic acids is 2. The fourth-order valence-corrected chi connectivity index (χ4v) is 3.18. The van der Waals surface area contributed by atoms with Gasteiger partial charge in [-0.1, -0.05) is 90.7 Å². The van der Waals surface area contributed by atoms with E-state index in [-0.39, 0.29) is 24.8 Å². The van der Waals surface area contributed by atoms with Crippen molar-refractivity contribution in [1.82, 2.24) is 0 Å². The normalized spacial score (nSPS) is 12.2. The van der Waals surface area contributed by atoms with Gasteiger partial charge in [-0.15, -0.1) is 0 Å². The van der Waals surface area contributed by atoms with Gasteiger partial charge in [-0.3, -0.25) is 9.59 Å². The van der Waals surface area contributed by atoms with Crippen molar-refractivity contribution in [2.45, 2.75) is 117 Å². The van der Waals surface area contributed by atoms with E-state index in [1.807, 2.05) is 6.08 Å². The third-order valence-electron chi connectivity index (χ3n) is 5.27. The second kappa shape index (κ2) is 21.4. The predicted octanol–water partition coefficient (Wildman–Crippen LogP) is 7.16. The van der Waals surface area contributed by atoms with Crippen LogP contribution in [0.25, 0.3) is 0 Å². The second-order valence-electron chi connectivity index (χ2n) is 8.02. The molecule has 0 radical (unpaired) electrons. The molecule has 170 valence electrons. The largest absolute Gasteiger partial charge is 0.465 e. The van der Waals surface area contributed by atoms with Gasteiger partial charge < -0.3 is 9.47 Å². The van der Waals surface area contributed by atoms with Crippen molar-refractivity contribution in [2.75, 3.05) is 13.2 Å². The van der Waals surface area contributed by atoms with Crippen molar-refractivity contribution in [3.05, 3.63) is 12.2 Å². The highest BCUT2D eigenvalue weighted by atomic mass is 16.5. The van der Waals surface area contributed by atoms with Gasteiger partial charge in [-0.2, -0.15) is 0 Å². The first kappa shape index (κ1) is 27.7. The molecule has 0 N–H and O–H groups in total. The highest BCUT2D eigenvalue weighted by Crippen LogP contribution is 2.13. The van der Waals surface area contributed by atoms with Gasteiger partial charge in [-0.05, 0) is 31.6 Å². The number of allylic oxidation sites excluding steroid dienone is 1. The Morgan fingerprint density at radius 2 is 1.34 bits per heavy atom.